The van der Waals surface area contributed by atoms with E-state index in [2.05, 4.69) is 5.32 Å². The summed E-state index contributed by atoms with van der Waals surface area (Å²) in [5.74, 6) is 1.24. The highest BCUT2D eigenvalue weighted by atomic mass is 32.2. The first-order chi connectivity index (χ1) is 8.29. The molecular weight excluding hydrogens is 232 g/mol. The minimum atomic E-state index is 0.0149. The molecule has 3 N–H and O–H groups in total. The Morgan fingerprint density at radius 2 is 2.18 bits per heavy atom. The average Bonchev–Trinajstić information content (AvgIpc) is 2.89. The van der Waals surface area contributed by atoms with Gasteiger partial charge in [-0.05, 0) is 36.3 Å². The number of hydrogen-bond acceptors (Lipinski definition) is 3. The third kappa shape index (κ3) is 3.48. The second-order valence-corrected chi connectivity index (χ2v) is 5.65. The molecule has 1 heterocycles. The van der Waals surface area contributed by atoms with Crippen LogP contribution in [0.2, 0.25) is 0 Å². The van der Waals surface area contributed by atoms with E-state index in [0.717, 1.165) is 12.1 Å². The smallest absolute Gasteiger partial charge is 0.251 e. The predicted molar refractivity (Wildman–Crippen MR) is 72.1 cm³/mol. The van der Waals surface area contributed by atoms with Crippen LogP contribution < -0.4 is 11.1 Å². The summed E-state index contributed by atoms with van der Waals surface area (Å²) in [5, 5.41) is 3.59. The summed E-state index contributed by atoms with van der Waals surface area (Å²) in [4.78, 5) is 11.8. The standard InChI is InChI=1S/C13H18N2OS/c14-8-10-3-5-11(6-4-10)13(16)15-9-12-2-1-7-17-12/h3-6,12H,1-2,7-9,14H2,(H,15,16). The first-order valence-electron chi connectivity index (χ1n) is 5.98. The Bertz CT molecular complexity index is 372. The van der Waals surface area contributed by atoms with Gasteiger partial charge in [-0.15, -0.1) is 0 Å². The lowest BCUT2D eigenvalue weighted by atomic mass is 10.1. The SMILES string of the molecule is NCc1ccc(C(=O)NCC2CCCS2)cc1. The van der Waals surface area contributed by atoms with Crippen molar-refractivity contribution in [1.82, 2.24) is 5.32 Å². The fraction of sp³-hybridized carbons (Fsp3) is 0.462. The molecule has 0 radical (unpaired) electrons. The molecule has 1 saturated heterocycles. The van der Waals surface area contributed by atoms with Crippen LogP contribution in [0.3, 0.4) is 0 Å². The third-order valence-corrected chi connectivity index (χ3v) is 4.36. The minimum Gasteiger partial charge on any atom is -0.351 e. The van der Waals surface area contributed by atoms with Gasteiger partial charge in [-0.1, -0.05) is 12.1 Å². The second-order valence-electron chi connectivity index (χ2n) is 4.25. The fourth-order valence-electron chi connectivity index (χ4n) is 1.91. The molecule has 0 spiro atoms. The van der Waals surface area contributed by atoms with Gasteiger partial charge in [0.2, 0.25) is 0 Å². The second kappa shape index (κ2) is 6.07. The van der Waals surface area contributed by atoms with Crippen LogP contribution in [0.15, 0.2) is 24.3 Å². The molecule has 1 aromatic carbocycles. The molecule has 0 saturated carbocycles. The molecule has 1 aliphatic heterocycles. The molecule has 4 heteroatoms. The molecule has 92 valence electrons. The Morgan fingerprint density at radius 1 is 1.41 bits per heavy atom. The van der Waals surface area contributed by atoms with E-state index in [4.69, 9.17) is 5.73 Å². The molecule has 0 bridgehead atoms. The number of carbonyl (C=O) groups excluding carboxylic acids is 1. The number of nitrogens with two attached hydrogens (primary N) is 1. The highest BCUT2D eigenvalue weighted by molar-refractivity contribution is 8.00. The Morgan fingerprint density at radius 3 is 2.76 bits per heavy atom. The number of carbonyl (C=O) groups is 1. The maximum atomic E-state index is 11.8. The van der Waals surface area contributed by atoms with Crippen molar-refractivity contribution < 1.29 is 4.79 Å². The lowest BCUT2D eigenvalue weighted by Crippen LogP contribution is -2.29. The summed E-state index contributed by atoms with van der Waals surface area (Å²) < 4.78 is 0. The first kappa shape index (κ1) is 12.5. The van der Waals surface area contributed by atoms with Gasteiger partial charge in [-0.3, -0.25) is 4.79 Å². The van der Waals surface area contributed by atoms with Gasteiger partial charge < -0.3 is 11.1 Å². The topological polar surface area (TPSA) is 55.1 Å². The lowest BCUT2D eigenvalue weighted by Gasteiger charge is -2.10. The van der Waals surface area contributed by atoms with Crippen LogP contribution in [-0.2, 0) is 6.54 Å². The van der Waals surface area contributed by atoms with E-state index in [0.29, 0.717) is 17.4 Å². The molecule has 0 aliphatic carbocycles. The van der Waals surface area contributed by atoms with Crippen LogP contribution in [-0.4, -0.2) is 23.5 Å². The maximum absolute atomic E-state index is 11.8. The Labute approximate surface area is 106 Å². The van der Waals surface area contributed by atoms with Gasteiger partial charge in [0.15, 0.2) is 0 Å². The Hall–Kier alpha value is -1.00. The monoisotopic (exact) mass is 250 g/mol. The van der Waals surface area contributed by atoms with Crippen molar-refractivity contribution in [3.8, 4) is 0 Å². The van der Waals surface area contributed by atoms with E-state index in [1.165, 1.54) is 18.6 Å². The summed E-state index contributed by atoms with van der Waals surface area (Å²) in [6, 6.07) is 7.47. The largest absolute Gasteiger partial charge is 0.351 e. The fourth-order valence-corrected chi connectivity index (χ4v) is 3.11. The van der Waals surface area contributed by atoms with Gasteiger partial charge in [0.05, 0.1) is 0 Å². The number of nitrogens with one attached hydrogen (secondary N) is 1. The number of amides is 1. The summed E-state index contributed by atoms with van der Waals surface area (Å²) in [6.07, 6.45) is 2.49. The van der Waals surface area contributed by atoms with Crippen LogP contribution in [0.5, 0.6) is 0 Å². The van der Waals surface area contributed by atoms with Crippen molar-refractivity contribution in [2.75, 3.05) is 12.3 Å². The quantitative estimate of drug-likeness (QED) is 0.856. The lowest BCUT2D eigenvalue weighted by molar-refractivity contribution is 0.0953. The normalized spacial score (nSPS) is 19.2. The zero-order valence-corrected chi connectivity index (χ0v) is 10.6. The Kier molecular flexibility index (Phi) is 4.45. The van der Waals surface area contributed by atoms with Crippen LogP contribution in [0.25, 0.3) is 0 Å². The first-order valence-corrected chi connectivity index (χ1v) is 7.03. The van der Waals surface area contributed by atoms with Crippen LogP contribution in [0.4, 0.5) is 0 Å². The predicted octanol–water partition coefficient (Wildman–Crippen LogP) is 1.77. The van der Waals surface area contributed by atoms with Crippen LogP contribution >= 0.6 is 11.8 Å². The molecule has 3 nitrogen and oxygen atoms in total. The number of benzene rings is 1. The highest BCUT2D eigenvalue weighted by Gasteiger charge is 2.16. The van der Waals surface area contributed by atoms with E-state index in [-0.39, 0.29) is 5.91 Å². The molecule has 2 rings (SSSR count). The van der Waals surface area contributed by atoms with Gasteiger partial charge in [0.1, 0.15) is 0 Å². The molecule has 1 atom stereocenters. The zero-order chi connectivity index (χ0) is 12.1. The number of hydrogen-bond donors (Lipinski definition) is 2. The van der Waals surface area contributed by atoms with Crippen LogP contribution in [0.1, 0.15) is 28.8 Å². The molecule has 17 heavy (non-hydrogen) atoms. The van der Waals surface area contributed by atoms with Crippen molar-refractivity contribution in [2.45, 2.75) is 24.6 Å². The maximum Gasteiger partial charge on any atom is 0.251 e. The van der Waals surface area contributed by atoms with Crippen molar-refractivity contribution >= 4 is 17.7 Å². The number of rotatable bonds is 4. The van der Waals surface area contributed by atoms with Gasteiger partial charge in [-0.25, -0.2) is 0 Å². The van der Waals surface area contributed by atoms with Gasteiger partial charge in [-0.2, -0.15) is 11.8 Å². The Balaban J connectivity index is 1.85. The highest BCUT2D eigenvalue weighted by Crippen LogP contribution is 2.25. The van der Waals surface area contributed by atoms with Crippen LogP contribution in [0, 0.1) is 0 Å². The van der Waals surface area contributed by atoms with Gasteiger partial charge >= 0.3 is 0 Å². The van der Waals surface area contributed by atoms with E-state index >= 15 is 0 Å². The zero-order valence-electron chi connectivity index (χ0n) is 9.82. The summed E-state index contributed by atoms with van der Waals surface area (Å²) in [6.45, 7) is 1.29. The van der Waals surface area contributed by atoms with E-state index in [1.807, 2.05) is 36.0 Å². The summed E-state index contributed by atoms with van der Waals surface area (Å²) in [5.41, 5.74) is 7.28. The molecule has 0 aromatic heterocycles. The average molecular weight is 250 g/mol. The van der Waals surface area contributed by atoms with Gasteiger partial charge in [0, 0.05) is 23.9 Å². The van der Waals surface area contributed by atoms with Crippen molar-refractivity contribution in [1.29, 1.82) is 0 Å². The van der Waals surface area contributed by atoms with Gasteiger partial charge in [0.25, 0.3) is 5.91 Å². The number of thioether (sulfide) groups is 1. The minimum absolute atomic E-state index is 0.0149. The summed E-state index contributed by atoms with van der Waals surface area (Å²) in [7, 11) is 0. The molecule has 1 aromatic rings. The van der Waals surface area contributed by atoms with E-state index < -0.39 is 0 Å². The van der Waals surface area contributed by atoms with E-state index in [9.17, 15) is 4.79 Å². The van der Waals surface area contributed by atoms with Crippen molar-refractivity contribution in [3.05, 3.63) is 35.4 Å². The summed E-state index contributed by atoms with van der Waals surface area (Å²) >= 11 is 1.95. The molecule has 1 fully saturated rings. The molecule has 1 aliphatic rings. The van der Waals surface area contributed by atoms with E-state index in [1.54, 1.807) is 0 Å². The van der Waals surface area contributed by atoms with Crippen molar-refractivity contribution in [2.24, 2.45) is 5.73 Å². The third-order valence-electron chi connectivity index (χ3n) is 2.97. The van der Waals surface area contributed by atoms with Crippen molar-refractivity contribution in [3.63, 3.8) is 0 Å². The molecule has 1 amide bonds. The molecular formula is C13H18N2OS. The molecule has 1 unspecified atom stereocenters.